The highest BCUT2D eigenvalue weighted by atomic mass is 19.3. The highest BCUT2D eigenvalue weighted by Crippen LogP contribution is 2.31. The number of nitrogens with one attached hydrogen (secondary N) is 1. The van der Waals surface area contributed by atoms with E-state index in [1.165, 1.54) is 6.07 Å². The lowest BCUT2D eigenvalue weighted by molar-refractivity contribution is -0.152. The van der Waals surface area contributed by atoms with Crippen LogP contribution in [-0.2, 0) is 25.5 Å². The van der Waals surface area contributed by atoms with Crippen molar-refractivity contribution in [3.8, 4) is 5.75 Å². The molecule has 8 nitrogen and oxygen atoms in total. The van der Waals surface area contributed by atoms with Gasteiger partial charge in [0.25, 0.3) is 5.92 Å². The quantitative estimate of drug-likeness (QED) is 0.352. The van der Waals surface area contributed by atoms with E-state index in [-0.39, 0.29) is 24.2 Å². The van der Waals surface area contributed by atoms with Crippen molar-refractivity contribution in [1.29, 1.82) is 0 Å². The summed E-state index contributed by atoms with van der Waals surface area (Å²) in [6, 6.07) is 4.56. The zero-order valence-electron chi connectivity index (χ0n) is 16.8. The fourth-order valence-corrected chi connectivity index (χ4v) is 2.87. The Balaban J connectivity index is 1.99. The first-order valence-corrected chi connectivity index (χ1v) is 9.57. The number of carbonyl (C=O) groups is 3. The molecule has 0 saturated carbocycles. The molecule has 0 radical (unpaired) electrons. The average Bonchev–Trinajstić information content (AvgIpc) is 2.65. The molecule has 1 heterocycles. The number of halogens is 2. The number of amides is 1. The summed E-state index contributed by atoms with van der Waals surface area (Å²) in [5.41, 5.74) is 0.476. The predicted molar refractivity (Wildman–Crippen MR) is 102 cm³/mol. The van der Waals surface area contributed by atoms with Crippen molar-refractivity contribution in [1.82, 2.24) is 5.32 Å². The Morgan fingerprint density at radius 1 is 1.33 bits per heavy atom. The number of alkyl halides is 2. The Hall–Kier alpha value is -2.69. The topological polar surface area (TPSA) is 111 Å². The molecule has 2 N–H and O–H groups in total. The smallest absolute Gasteiger partial charge is 0.534 e. The van der Waals surface area contributed by atoms with Gasteiger partial charge < -0.3 is 24.5 Å². The monoisotopic (exact) mass is 427 g/mol. The normalized spacial score (nSPS) is 15.6. The first-order valence-electron chi connectivity index (χ1n) is 9.57. The van der Waals surface area contributed by atoms with Gasteiger partial charge in [-0.3, -0.25) is 9.59 Å². The molecule has 1 atom stereocenters. The number of hydrogen-bond acceptors (Lipinski definition) is 7. The molecule has 1 aliphatic heterocycles. The molecule has 1 amide bonds. The van der Waals surface area contributed by atoms with E-state index in [2.05, 4.69) is 5.32 Å². The van der Waals surface area contributed by atoms with Crippen LogP contribution in [0.4, 0.5) is 8.78 Å². The maximum atomic E-state index is 13.0. The van der Waals surface area contributed by atoms with Crippen LogP contribution in [0.3, 0.4) is 0 Å². The number of fused-ring (bicyclic) bond motifs is 1. The van der Waals surface area contributed by atoms with Crippen LogP contribution in [0.25, 0.3) is 0 Å². The van der Waals surface area contributed by atoms with Crippen molar-refractivity contribution >= 4 is 25.0 Å². The zero-order valence-corrected chi connectivity index (χ0v) is 16.8. The van der Waals surface area contributed by atoms with E-state index in [0.717, 1.165) is 6.42 Å². The Morgan fingerprint density at radius 2 is 2.07 bits per heavy atom. The molecule has 0 aromatic heterocycles. The second-order valence-electron chi connectivity index (χ2n) is 7.10. The summed E-state index contributed by atoms with van der Waals surface area (Å²) in [5.74, 6) is -6.33. The molecule has 0 bridgehead atoms. The molecule has 1 aliphatic rings. The second kappa shape index (κ2) is 10.4. The molecule has 0 fully saturated rings. The first kappa shape index (κ1) is 23.6. The van der Waals surface area contributed by atoms with Crippen molar-refractivity contribution < 1.29 is 42.3 Å². The summed E-state index contributed by atoms with van der Waals surface area (Å²) in [4.78, 5) is 35.5. The SMILES string of the molecule is CCCCC(=O)OCOC(=O)c1cccc2c1OB(O)[C@@H](NC(=O)CC(C)(F)F)C2. The number of rotatable bonds is 9. The first-order chi connectivity index (χ1) is 14.1. The van der Waals surface area contributed by atoms with E-state index in [4.69, 9.17) is 14.1 Å². The summed E-state index contributed by atoms with van der Waals surface area (Å²) < 4.78 is 41.1. The predicted octanol–water partition coefficient (Wildman–Crippen LogP) is 2.02. The molecular formula is C19H24BF2NO7. The van der Waals surface area contributed by atoms with Crippen LogP contribution in [-0.4, -0.2) is 48.6 Å². The molecule has 1 aromatic carbocycles. The van der Waals surface area contributed by atoms with Gasteiger partial charge in [0, 0.05) is 6.42 Å². The van der Waals surface area contributed by atoms with E-state index < -0.39 is 50.0 Å². The molecule has 0 aliphatic carbocycles. The van der Waals surface area contributed by atoms with E-state index in [0.29, 0.717) is 18.9 Å². The number of ether oxygens (including phenoxy) is 2. The average molecular weight is 427 g/mol. The summed E-state index contributed by atoms with van der Waals surface area (Å²) in [6.45, 7) is 1.99. The fraction of sp³-hybridized carbons (Fsp3) is 0.526. The van der Waals surface area contributed by atoms with Gasteiger partial charge >= 0.3 is 19.1 Å². The maximum absolute atomic E-state index is 13.0. The van der Waals surface area contributed by atoms with Gasteiger partial charge in [-0.2, -0.15) is 0 Å². The Bertz CT molecular complexity index is 785. The van der Waals surface area contributed by atoms with Gasteiger partial charge in [0.15, 0.2) is 0 Å². The summed E-state index contributed by atoms with van der Waals surface area (Å²) >= 11 is 0. The molecule has 1 aromatic rings. The minimum atomic E-state index is -3.18. The number of para-hydroxylation sites is 1. The van der Waals surface area contributed by atoms with Crippen molar-refractivity contribution in [3.63, 3.8) is 0 Å². The van der Waals surface area contributed by atoms with Gasteiger partial charge in [0.2, 0.25) is 12.7 Å². The number of hydrogen-bond donors (Lipinski definition) is 2. The molecule has 30 heavy (non-hydrogen) atoms. The second-order valence-corrected chi connectivity index (χ2v) is 7.10. The minimum absolute atomic E-state index is 0.000949. The van der Waals surface area contributed by atoms with Gasteiger partial charge in [-0.1, -0.05) is 25.5 Å². The van der Waals surface area contributed by atoms with Crippen LogP contribution in [0.5, 0.6) is 5.75 Å². The molecular weight excluding hydrogens is 403 g/mol. The Labute approximate surface area is 173 Å². The van der Waals surface area contributed by atoms with Crippen LogP contribution in [0.2, 0.25) is 0 Å². The molecule has 0 saturated heterocycles. The van der Waals surface area contributed by atoms with Gasteiger partial charge in [-0.25, -0.2) is 13.6 Å². The number of esters is 2. The molecule has 11 heteroatoms. The lowest BCUT2D eigenvalue weighted by Gasteiger charge is -2.29. The Morgan fingerprint density at radius 3 is 2.73 bits per heavy atom. The standard InChI is InChI=1S/C19H24BF2NO7/c1-3-4-8-16(25)28-11-29-18(26)13-7-5-6-12-9-14(20(27)30-17(12)13)23-15(24)10-19(2,21)22/h5-7,14,27H,3-4,8-11H2,1-2H3,(H,23,24)/t14-/m0/s1. The lowest BCUT2D eigenvalue weighted by Crippen LogP contribution is -2.53. The molecule has 164 valence electrons. The third-order valence-corrected chi connectivity index (χ3v) is 4.30. The summed E-state index contributed by atoms with van der Waals surface area (Å²) in [5, 5.41) is 12.5. The molecule has 2 rings (SSSR count). The zero-order chi connectivity index (χ0) is 22.3. The highest BCUT2D eigenvalue weighted by molar-refractivity contribution is 6.47. The van der Waals surface area contributed by atoms with E-state index in [1.807, 2.05) is 6.92 Å². The van der Waals surface area contributed by atoms with Crippen LogP contribution in [0, 0.1) is 0 Å². The van der Waals surface area contributed by atoms with Crippen molar-refractivity contribution in [2.75, 3.05) is 6.79 Å². The summed E-state index contributed by atoms with van der Waals surface area (Å²) in [7, 11) is -1.55. The summed E-state index contributed by atoms with van der Waals surface area (Å²) in [6.07, 6.45) is 0.754. The van der Waals surface area contributed by atoms with Gasteiger partial charge in [0.1, 0.15) is 11.3 Å². The third-order valence-electron chi connectivity index (χ3n) is 4.30. The number of carbonyl (C=O) groups excluding carboxylic acids is 3. The molecule has 0 spiro atoms. The van der Waals surface area contributed by atoms with Gasteiger partial charge in [-0.05, 0) is 31.4 Å². The van der Waals surface area contributed by atoms with E-state index in [9.17, 15) is 28.2 Å². The fourth-order valence-electron chi connectivity index (χ4n) is 2.87. The Kier molecular flexibility index (Phi) is 8.16. The van der Waals surface area contributed by atoms with Crippen molar-refractivity contribution in [3.05, 3.63) is 29.3 Å². The maximum Gasteiger partial charge on any atom is 0.547 e. The molecule has 0 unspecified atom stereocenters. The van der Waals surface area contributed by atoms with Gasteiger partial charge in [0.05, 0.1) is 12.4 Å². The van der Waals surface area contributed by atoms with E-state index in [1.54, 1.807) is 12.1 Å². The minimum Gasteiger partial charge on any atom is -0.534 e. The van der Waals surface area contributed by atoms with Crippen LogP contribution >= 0.6 is 0 Å². The number of unbranched alkanes of at least 4 members (excludes halogenated alkanes) is 1. The third kappa shape index (κ3) is 6.98. The largest absolute Gasteiger partial charge is 0.547 e. The van der Waals surface area contributed by atoms with Crippen LogP contribution in [0.15, 0.2) is 18.2 Å². The van der Waals surface area contributed by atoms with Crippen LogP contribution in [0.1, 0.15) is 55.5 Å². The highest BCUT2D eigenvalue weighted by Gasteiger charge is 2.39. The van der Waals surface area contributed by atoms with Crippen molar-refractivity contribution in [2.45, 2.75) is 57.8 Å². The van der Waals surface area contributed by atoms with E-state index >= 15 is 0 Å². The van der Waals surface area contributed by atoms with Crippen LogP contribution < -0.4 is 9.97 Å². The lowest BCUT2D eigenvalue weighted by atomic mass is 9.72. The van der Waals surface area contributed by atoms with Gasteiger partial charge in [-0.15, -0.1) is 0 Å². The number of benzene rings is 1. The van der Waals surface area contributed by atoms with Crippen molar-refractivity contribution in [2.24, 2.45) is 0 Å².